The SMILES string of the molecule is CCC(=O)[C@@H](CO)[C@@H](O)C(C)C. The highest BCUT2D eigenvalue weighted by atomic mass is 16.3. The van der Waals surface area contributed by atoms with Crippen LogP contribution < -0.4 is 0 Å². The van der Waals surface area contributed by atoms with E-state index in [2.05, 4.69) is 0 Å². The third-order valence-electron chi connectivity index (χ3n) is 2.05. The molecule has 0 aromatic rings. The van der Waals surface area contributed by atoms with Gasteiger partial charge in [-0.15, -0.1) is 0 Å². The van der Waals surface area contributed by atoms with Crippen LogP contribution in [0.25, 0.3) is 0 Å². The number of hydrogen-bond donors (Lipinski definition) is 2. The summed E-state index contributed by atoms with van der Waals surface area (Å²) in [5.41, 5.74) is 0. The van der Waals surface area contributed by atoms with Crippen molar-refractivity contribution >= 4 is 5.78 Å². The maximum Gasteiger partial charge on any atom is 0.140 e. The Kier molecular flexibility index (Phi) is 5.09. The first-order valence-electron chi connectivity index (χ1n) is 4.36. The average Bonchev–Trinajstić information content (AvgIpc) is 2.05. The molecule has 0 radical (unpaired) electrons. The number of Topliss-reactive ketones (excluding diaryl/α,β-unsaturated/α-hetero) is 1. The maximum atomic E-state index is 11.2. The summed E-state index contributed by atoms with van der Waals surface area (Å²) < 4.78 is 0. The molecule has 0 unspecified atom stereocenters. The Morgan fingerprint density at radius 3 is 2.17 bits per heavy atom. The molecule has 0 bridgehead atoms. The molecule has 0 heterocycles. The van der Waals surface area contributed by atoms with Gasteiger partial charge >= 0.3 is 0 Å². The van der Waals surface area contributed by atoms with Crippen molar-refractivity contribution in [3.05, 3.63) is 0 Å². The van der Waals surface area contributed by atoms with Crippen LogP contribution in [0.3, 0.4) is 0 Å². The fourth-order valence-corrected chi connectivity index (χ4v) is 1.13. The fourth-order valence-electron chi connectivity index (χ4n) is 1.13. The van der Waals surface area contributed by atoms with E-state index < -0.39 is 12.0 Å². The molecule has 72 valence electrons. The van der Waals surface area contributed by atoms with E-state index in [-0.39, 0.29) is 18.3 Å². The van der Waals surface area contributed by atoms with Crippen molar-refractivity contribution in [1.29, 1.82) is 0 Å². The molecule has 3 nitrogen and oxygen atoms in total. The summed E-state index contributed by atoms with van der Waals surface area (Å²) in [5.74, 6) is -0.661. The Bertz CT molecular complexity index is 143. The zero-order chi connectivity index (χ0) is 9.72. The lowest BCUT2D eigenvalue weighted by Crippen LogP contribution is -2.34. The van der Waals surface area contributed by atoms with Crippen LogP contribution in [0.4, 0.5) is 0 Å². The Balaban J connectivity index is 4.23. The lowest BCUT2D eigenvalue weighted by atomic mass is 9.89. The highest BCUT2D eigenvalue weighted by Crippen LogP contribution is 2.14. The van der Waals surface area contributed by atoms with Crippen LogP contribution >= 0.6 is 0 Å². The maximum absolute atomic E-state index is 11.2. The lowest BCUT2D eigenvalue weighted by molar-refractivity contribution is -0.129. The van der Waals surface area contributed by atoms with Crippen LogP contribution in [0, 0.1) is 11.8 Å². The molecule has 3 heteroatoms. The smallest absolute Gasteiger partial charge is 0.140 e. The normalized spacial score (nSPS) is 16.2. The quantitative estimate of drug-likeness (QED) is 0.641. The van der Waals surface area contributed by atoms with Gasteiger partial charge in [0, 0.05) is 6.42 Å². The largest absolute Gasteiger partial charge is 0.396 e. The molecule has 0 rings (SSSR count). The highest BCUT2D eigenvalue weighted by Gasteiger charge is 2.26. The number of rotatable bonds is 5. The summed E-state index contributed by atoms with van der Waals surface area (Å²) in [6, 6.07) is 0. The molecule has 0 aliphatic rings. The first-order chi connectivity index (χ1) is 5.54. The molecule has 0 aliphatic heterocycles. The van der Waals surface area contributed by atoms with E-state index in [1.807, 2.05) is 13.8 Å². The summed E-state index contributed by atoms with van der Waals surface area (Å²) in [6.07, 6.45) is -0.350. The second-order valence-corrected chi connectivity index (χ2v) is 3.34. The Labute approximate surface area is 73.4 Å². The van der Waals surface area contributed by atoms with E-state index in [0.717, 1.165) is 0 Å². The summed E-state index contributed by atoms with van der Waals surface area (Å²) >= 11 is 0. The topological polar surface area (TPSA) is 57.5 Å². The van der Waals surface area contributed by atoms with Crippen molar-refractivity contribution in [2.75, 3.05) is 6.61 Å². The number of aliphatic hydroxyl groups is 2. The predicted octanol–water partition coefficient (Wildman–Crippen LogP) is 0.591. The van der Waals surface area contributed by atoms with Gasteiger partial charge in [-0.05, 0) is 5.92 Å². The van der Waals surface area contributed by atoms with Gasteiger partial charge in [-0.3, -0.25) is 4.79 Å². The predicted molar refractivity (Wildman–Crippen MR) is 46.7 cm³/mol. The molecule has 2 atom stereocenters. The van der Waals surface area contributed by atoms with Crippen LogP contribution in [-0.2, 0) is 4.79 Å². The number of carbonyl (C=O) groups is 1. The number of aliphatic hydroxyl groups excluding tert-OH is 2. The van der Waals surface area contributed by atoms with Gasteiger partial charge in [-0.1, -0.05) is 20.8 Å². The third-order valence-corrected chi connectivity index (χ3v) is 2.05. The number of ketones is 1. The summed E-state index contributed by atoms with van der Waals surface area (Å²) in [4.78, 5) is 11.2. The van der Waals surface area contributed by atoms with E-state index in [1.165, 1.54) is 0 Å². The molecular formula is C9H18O3. The number of hydrogen-bond acceptors (Lipinski definition) is 3. The molecule has 0 fully saturated rings. The van der Waals surface area contributed by atoms with Crippen molar-refractivity contribution in [3.63, 3.8) is 0 Å². The van der Waals surface area contributed by atoms with Gasteiger partial charge in [0.25, 0.3) is 0 Å². The molecule has 0 spiro atoms. The summed E-state index contributed by atoms with van der Waals surface area (Å²) in [6.45, 7) is 5.14. The lowest BCUT2D eigenvalue weighted by Gasteiger charge is -2.22. The Morgan fingerprint density at radius 1 is 1.42 bits per heavy atom. The molecule has 0 aliphatic carbocycles. The third kappa shape index (κ3) is 2.91. The van der Waals surface area contributed by atoms with Gasteiger partial charge in [-0.2, -0.15) is 0 Å². The molecule has 0 aromatic carbocycles. The van der Waals surface area contributed by atoms with E-state index in [9.17, 15) is 9.90 Å². The van der Waals surface area contributed by atoms with Crippen LogP contribution in [0.1, 0.15) is 27.2 Å². The van der Waals surface area contributed by atoms with Crippen molar-refractivity contribution in [2.24, 2.45) is 11.8 Å². The minimum atomic E-state index is -0.720. The Hall–Kier alpha value is -0.410. The Morgan fingerprint density at radius 2 is 1.92 bits per heavy atom. The van der Waals surface area contributed by atoms with E-state index in [0.29, 0.717) is 6.42 Å². The monoisotopic (exact) mass is 174 g/mol. The molecule has 0 saturated carbocycles. The second-order valence-electron chi connectivity index (χ2n) is 3.34. The molecule has 2 N–H and O–H groups in total. The van der Waals surface area contributed by atoms with Gasteiger partial charge < -0.3 is 10.2 Å². The molecule has 12 heavy (non-hydrogen) atoms. The van der Waals surface area contributed by atoms with Gasteiger partial charge in [0.15, 0.2) is 0 Å². The van der Waals surface area contributed by atoms with Crippen molar-refractivity contribution in [1.82, 2.24) is 0 Å². The number of carbonyl (C=O) groups excluding carboxylic acids is 1. The van der Waals surface area contributed by atoms with E-state index in [4.69, 9.17) is 5.11 Å². The average molecular weight is 174 g/mol. The minimum Gasteiger partial charge on any atom is -0.396 e. The van der Waals surface area contributed by atoms with E-state index in [1.54, 1.807) is 6.92 Å². The van der Waals surface area contributed by atoms with Crippen molar-refractivity contribution in [3.8, 4) is 0 Å². The van der Waals surface area contributed by atoms with E-state index >= 15 is 0 Å². The summed E-state index contributed by atoms with van der Waals surface area (Å²) in [7, 11) is 0. The van der Waals surface area contributed by atoms with Crippen LogP contribution in [0.2, 0.25) is 0 Å². The molecular weight excluding hydrogens is 156 g/mol. The minimum absolute atomic E-state index is 0.0117. The standard InChI is InChI=1S/C9H18O3/c1-4-8(11)7(5-10)9(12)6(2)3/h6-7,9-10,12H,4-5H2,1-3H3/t7-,9+/m1/s1. The fraction of sp³-hybridized carbons (Fsp3) is 0.889. The van der Waals surface area contributed by atoms with Crippen LogP contribution in [0.15, 0.2) is 0 Å². The first-order valence-corrected chi connectivity index (χ1v) is 4.36. The summed E-state index contributed by atoms with van der Waals surface area (Å²) in [5, 5.41) is 18.4. The van der Waals surface area contributed by atoms with Crippen LogP contribution in [-0.4, -0.2) is 28.7 Å². The van der Waals surface area contributed by atoms with Crippen molar-refractivity contribution < 1.29 is 15.0 Å². The zero-order valence-corrected chi connectivity index (χ0v) is 7.95. The van der Waals surface area contributed by atoms with Crippen LogP contribution in [0.5, 0.6) is 0 Å². The van der Waals surface area contributed by atoms with Gasteiger partial charge in [-0.25, -0.2) is 0 Å². The van der Waals surface area contributed by atoms with Gasteiger partial charge in [0.1, 0.15) is 5.78 Å². The van der Waals surface area contributed by atoms with Crippen molar-refractivity contribution in [2.45, 2.75) is 33.3 Å². The van der Waals surface area contributed by atoms with Gasteiger partial charge in [0.2, 0.25) is 0 Å². The zero-order valence-electron chi connectivity index (χ0n) is 7.95. The highest BCUT2D eigenvalue weighted by molar-refractivity contribution is 5.81. The molecule has 0 saturated heterocycles. The first kappa shape index (κ1) is 11.6. The van der Waals surface area contributed by atoms with Gasteiger partial charge in [0.05, 0.1) is 18.6 Å². The molecule has 0 amide bonds. The second kappa shape index (κ2) is 5.27. The molecule has 0 aromatic heterocycles.